The highest BCUT2D eigenvalue weighted by Crippen LogP contribution is 2.20. The first-order valence-corrected chi connectivity index (χ1v) is 5.22. The van der Waals surface area contributed by atoms with Gasteiger partial charge in [0.25, 0.3) is 0 Å². The van der Waals surface area contributed by atoms with Crippen molar-refractivity contribution >= 4 is 5.91 Å². The molecule has 0 N–H and O–H groups in total. The number of carbonyl (C=O) groups is 1. The maximum atomic E-state index is 11.8. The van der Waals surface area contributed by atoms with E-state index < -0.39 is 0 Å². The molecule has 0 atom stereocenters. The monoisotopic (exact) mass is 205 g/mol. The van der Waals surface area contributed by atoms with Gasteiger partial charge in [0.1, 0.15) is 6.33 Å². The van der Waals surface area contributed by atoms with E-state index in [0.717, 1.165) is 11.3 Å². The van der Waals surface area contributed by atoms with E-state index in [0.29, 0.717) is 25.4 Å². The molecular formula is C11H15N3O. The van der Waals surface area contributed by atoms with Gasteiger partial charge in [-0.25, -0.2) is 9.97 Å². The molecule has 4 heteroatoms. The van der Waals surface area contributed by atoms with Crippen LogP contribution in [0.5, 0.6) is 0 Å². The van der Waals surface area contributed by atoms with E-state index >= 15 is 0 Å². The number of hydrogen-bond donors (Lipinski definition) is 0. The summed E-state index contributed by atoms with van der Waals surface area (Å²) in [4.78, 5) is 21.8. The van der Waals surface area contributed by atoms with Gasteiger partial charge in [0.05, 0.1) is 12.2 Å². The Balaban J connectivity index is 2.04. The third kappa shape index (κ3) is 2.14. The van der Waals surface area contributed by atoms with E-state index in [-0.39, 0.29) is 5.91 Å². The summed E-state index contributed by atoms with van der Waals surface area (Å²) in [5, 5.41) is 0. The number of rotatable bonds is 2. The van der Waals surface area contributed by atoms with E-state index in [1.165, 1.54) is 6.33 Å². The molecule has 1 aromatic rings. The van der Waals surface area contributed by atoms with Crippen molar-refractivity contribution in [2.75, 3.05) is 0 Å². The minimum Gasteiger partial charge on any atom is -0.332 e. The fourth-order valence-corrected chi connectivity index (χ4v) is 1.76. The largest absolute Gasteiger partial charge is 0.332 e. The van der Waals surface area contributed by atoms with Crippen LogP contribution in [0.15, 0.2) is 12.5 Å². The molecule has 1 aliphatic rings. The molecule has 0 radical (unpaired) electrons. The van der Waals surface area contributed by atoms with E-state index in [1.54, 1.807) is 6.20 Å². The van der Waals surface area contributed by atoms with E-state index in [4.69, 9.17) is 0 Å². The third-order valence-electron chi connectivity index (χ3n) is 2.52. The summed E-state index contributed by atoms with van der Waals surface area (Å²) in [6.45, 7) is 5.42. The van der Waals surface area contributed by atoms with Crippen molar-refractivity contribution in [3.63, 3.8) is 0 Å². The number of carbonyl (C=O) groups excluding carboxylic acids is 1. The average molecular weight is 205 g/mol. The summed E-state index contributed by atoms with van der Waals surface area (Å²) >= 11 is 0. The number of aromatic nitrogens is 2. The highest BCUT2D eigenvalue weighted by atomic mass is 16.2. The molecule has 1 amide bonds. The lowest BCUT2D eigenvalue weighted by Crippen LogP contribution is -2.26. The second-order valence-electron chi connectivity index (χ2n) is 4.34. The standard InChI is InChI=1S/C11H15N3O/c1-8(2)3-11(15)14-5-9-4-12-7-13-10(9)6-14/h4,7-8H,3,5-6H2,1-2H3. The van der Waals surface area contributed by atoms with Gasteiger partial charge in [-0.3, -0.25) is 4.79 Å². The first kappa shape index (κ1) is 10.1. The maximum Gasteiger partial charge on any atom is 0.223 e. The number of amides is 1. The Morgan fingerprint density at radius 2 is 2.33 bits per heavy atom. The molecule has 0 fully saturated rings. The number of hydrogen-bond acceptors (Lipinski definition) is 3. The number of fused-ring (bicyclic) bond motifs is 1. The molecule has 0 saturated heterocycles. The zero-order chi connectivity index (χ0) is 10.8. The fourth-order valence-electron chi connectivity index (χ4n) is 1.76. The summed E-state index contributed by atoms with van der Waals surface area (Å²) in [5.41, 5.74) is 2.07. The van der Waals surface area contributed by atoms with Crippen molar-refractivity contribution in [2.24, 2.45) is 5.92 Å². The number of nitrogens with zero attached hydrogens (tertiary/aromatic N) is 3. The zero-order valence-corrected chi connectivity index (χ0v) is 9.10. The Bertz CT molecular complexity index is 351. The topological polar surface area (TPSA) is 46.1 Å². The van der Waals surface area contributed by atoms with E-state index in [1.807, 2.05) is 4.90 Å². The Morgan fingerprint density at radius 1 is 1.53 bits per heavy atom. The predicted molar refractivity (Wildman–Crippen MR) is 55.7 cm³/mol. The van der Waals surface area contributed by atoms with Gasteiger partial charge in [-0.1, -0.05) is 13.8 Å². The van der Waals surface area contributed by atoms with Crippen LogP contribution < -0.4 is 0 Å². The molecule has 0 bridgehead atoms. The molecule has 80 valence electrons. The average Bonchev–Trinajstić information content (AvgIpc) is 2.59. The Hall–Kier alpha value is -1.45. The van der Waals surface area contributed by atoms with Crippen LogP contribution in [-0.4, -0.2) is 20.8 Å². The first-order chi connectivity index (χ1) is 7.16. The molecule has 2 heterocycles. The molecular weight excluding hydrogens is 190 g/mol. The Labute approximate surface area is 89.3 Å². The second kappa shape index (κ2) is 3.96. The Morgan fingerprint density at radius 3 is 3.00 bits per heavy atom. The van der Waals surface area contributed by atoms with Crippen molar-refractivity contribution < 1.29 is 4.79 Å². The van der Waals surface area contributed by atoms with Crippen LogP contribution in [0.2, 0.25) is 0 Å². The summed E-state index contributed by atoms with van der Waals surface area (Å²) in [6, 6.07) is 0. The smallest absolute Gasteiger partial charge is 0.223 e. The molecule has 2 rings (SSSR count). The van der Waals surface area contributed by atoms with Gasteiger partial charge >= 0.3 is 0 Å². The van der Waals surface area contributed by atoms with Gasteiger partial charge in [-0.15, -0.1) is 0 Å². The minimum atomic E-state index is 0.211. The van der Waals surface area contributed by atoms with Crippen LogP contribution in [0.3, 0.4) is 0 Å². The van der Waals surface area contributed by atoms with Crippen LogP contribution in [0, 0.1) is 5.92 Å². The molecule has 1 aromatic heterocycles. The molecule has 15 heavy (non-hydrogen) atoms. The first-order valence-electron chi connectivity index (χ1n) is 5.22. The van der Waals surface area contributed by atoms with Crippen molar-refractivity contribution in [1.82, 2.24) is 14.9 Å². The molecule has 0 spiro atoms. The fraction of sp³-hybridized carbons (Fsp3) is 0.545. The molecule has 1 aliphatic heterocycles. The van der Waals surface area contributed by atoms with Crippen LogP contribution in [-0.2, 0) is 17.9 Å². The molecule has 4 nitrogen and oxygen atoms in total. The van der Waals surface area contributed by atoms with E-state index in [2.05, 4.69) is 23.8 Å². The molecule has 0 aliphatic carbocycles. The van der Waals surface area contributed by atoms with E-state index in [9.17, 15) is 4.79 Å². The lowest BCUT2D eigenvalue weighted by atomic mass is 10.1. The van der Waals surface area contributed by atoms with Gasteiger partial charge in [0.2, 0.25) is 5.91 Å². The normalized spacial score (nSPS) is 14.5. The van der Waals surface area contributed by atoms with Gasteiger partial charge in [0, 0.05) is 24.7 Å². The molecule has 0 unspecified atom stereocenters. The summed E-state index contributed by atoms with van der Waals surface area (Å²) in [5.74, 6) is 0.621. The second-order valence-corrected chi connectivity index (χ2v) is 4.34. The van der Waals surface area contributed by atoms with Crippen LogP contribution in [0.1, 0.15) is 31.5 Å². The predicted octanol–water partition coefficient (Wildman–Crippen LogP) is 1.36. The van der Waals surface area contributed by atoms with Crippen LogP contribution >= 0.6 is 0 Å². The van der Waals surface area contributed by atoms with Crippen molar-refractivity contribution in [2.45, 2.75) is 33.4 Å². The Kier molecular flexibility index (Phi) is 2.66. The third-order valence-corrected chi connectivity index (χ3v) is 2.52. The van der Waals surface area contributed by atoms with Gasteiger partial charge in [-0.2, -0.15) is 0 Å². The molecule has 0 aromatic carbocycles. The van der Waals surface area contributed by atoms with Crippen molar-refractivity contribution in [3.05, 3.63) is 23.8 Å². The minimum absolute atomic E-state index is 0.211. The zero-order valence-electron chi connectivity index (χ0n) is 9.10. The lowest BCUT2D eigenvalue weighted by Gasteiger charge is -2.16. The molecule has 0 saturated carbocycles. The highest BCUT2D eigenvalue weighted by molar-refractivity contribution is 5.77. The summed E-state index contributed by atoms with van der Waals surface area (Å²) < 4.78 is 0. The summed E-state index contributed by atoms with van der Waals surface area (Å²) in [7, 11) is 0. The highest BCUT2D eigenvalue weighted by Gasteiger charge is 2.24. The SMILES string of the molecule is CC(C)CC(=O)N1Cc2cncnc2C1. The lowest BCUT2D eigenvalue weighted by molar-refractivity contribution is -0.132. The van der Waals surface area contributed by atoms with Crippen LogP contribution in [0.4, 0.5) is 0 Å². The van der Waals surface area contributed by atoms with Crippen molar-refractivity contribution in [3.8, 4) is 0 Å². The van der Waals surface area contributed by atoms with Crippen molar-refractivity contribution in [1.29, 1.82) is 0 Å². The van der Waals surface area contributed by atoms with Gasteiger partial charge < -0.3 is 4.90 Å². The quantitative estimate of drug-likeness (QED) is 0.732. The van der Waals surface area contributed by atoms with Gasteiger partial charge in [-0.05, 0) is 5.92 Å². The van der Waals surface area contributed by atoms with Crippen LogP contribution in [0.25, 0.3) is 0 Å². The maximum absolute atomic E-state index is 11.8. The summed E-state index contributed by atoms with van der Waals surface area (Å²) in [6.07, 6.45) is 3.95. The van der Waals surface area contributed by atoms with Gasteiger partial charge in [0.15, 0.2) is 0 Å².